The van der Waals surface area contributed by atoms with Crippen LogP contribution in [0.25, 0.3) is 22.6 Å². The van der Waals surface area contributed by atoms with Crippen molar-refractivity contribution in [3.8, 4) is 11.5 Å². The second-order valence-corrected chi connectivity index (χ2v) is 7.50. The third kappa shape index (κ3) is 3.00. The number of aliphatic imine (C=N–C) groups is 2. The lowest BCUT2D eigenvalue weighted by molar-refractivity contribution is 0.305. The summed E-state index contributed by atoms with van der Waals surface area (Å²) in [6, 6.07) is 11.8. The summed E-state index contributed by atoms with van der Waals surface area (Å²) >= 11 is 0. The van der Waals surface area contributed by atoms with Crippen LogP contribution in [0.4, 0.5) is 10.1 Å². The highest BCUT2D eigenvalue weighted by Crippen LogP contribution is 2.40. The third-order valence-corrected chi connectivity index (χ3v) is 5.55. The number of nitrogens with zero attached hydrogens (tertiary/aromatic N) is 4. The fourth-order valence-corrected chi connectivity index (χ4v) is 4.29. The first kappa shape index (κ1) is 17.7. The van der Waals surface area contributed by atoms with Gasteiger partial charge in [0, 0.05) is 11.6 Å². The van der Waals surface area contributed by atoms with E-state index in [1.54, 1.807) is 12.1 Å². The van der Waals surface area contributed by atoms with Gasteiger partial charge < -0.3 is 15.9 Å². The first-order chi connectivity index (χ1) is 14.0. The first-order valence-corrected chi connectivity index (χ1v) is 9.70. The molecule has 5 rings (SSSR count). The quantitative estimate of drug-likeness (QED) is 0.691. The molecule has 3 aromatic rings. The summed E-state index contributed by atoms with van der Waals surface area (Å²) in [4.78, 5) is 15.3. The molecule has 29 heavy (non-hydrogen) atoms. The minimum absolute atomic E-state index is 0.217. The van der Waals surface area contributed by atoms with Gasteiger partial charge in [0.2, 0.25) is 17.8 Å². The van der Waals surface area contributed by atoms with Crippen LogP contribution in [0.15, 0.2) is 56.9 Å². The zero-order valence-corrected chi connectivity index (χ0v) is 15.8. The summed E-state index contributed by atoms with van der Waals surface area (Å²) in [6.45, 7) is 0. The van der Waals surface area contributed by atoms with Crippen molar-refractivity contribution in [3.63, 3.8) is 0 Å². The highest BCUT2D eigenvalue weighted by Gasteiger charge is 2.42. The Labute approximate surface area is 166 Å². The number of nitrogens with two attached hydrogens (primary N) is 2. The number of benzene rings is 2. The van der Waals surface area contributed by atoms with Gasteiger partial charge in [-0.15, -0.1) is 0 Å². The molecular weight excluding hydrogens is 371 g/mol. The molecular formula is C21H21FN6O. The monoisotopic (exact) mass is 392 g/mol. The number of rotatable bonds is 2. The van der Waals surface area contributed by atoms with Crippen molar-refractivity contribution in [1.29, 1.82) is 0 Å². The molecule has 4 N–H and O–H groups in total. The molecule has 0 radical (unpaired) electrons. The average Bonchev–Trinajstić information content (AvgIpc) is 3.11. The molecule has 8 heteroatoms. The summed E-state index contributed by atoms with van der Waals surface area (Å²) < 4.78 is 19.5. The van der Waals surface area contributed by atoms with Gasteiger partial charge >= 0.3 is 0 Å². The van der Waals surface area contributed by atoms with E-state index >= 15 is 0 Å². The van der Waals surface area contributed by atoms with Crippen LogP contribution in [-0.4, -0.2) is 22.6 Å². The first-order valence-electron chi connectivity index (χ1n) is 9.70. The van der Waals surface area contributed by atoms with Gasteiger partial charge in [-0.1, -0.05) is 12.5 Å². The Morgan fingerprint density at radius 2 is 1.86 bits per heavy atom. The van der Waals surface area contributed by atoms with Crippen molar-refractivity contribution < 1.29 is 8.81 Å². The zero-order chi connectivity index (χ0) is 20.0. The predicted octanol–water partition coefficient (Wildman–Crippen LogP) is 3.74. The summed E-state index contributed by atoms with van der Waals surface area (Å²) in [5.41, 5.74) is 14.4. The van der Waals surface area contributed by atoms with Crippen molar-refractivity contribution in [1.82, 2.24) is 4.98 Å². The van der Waals surface area contributed by atoms with E-state index in [1.807, 2.05) is 23.1 Å². The highest BCUT2D eigenvalue weighted by atomic mass is 19.1. The molecule has 7 nitrogen and oxygen atoms in total. The number of guanidine groups is 2. The summed E-state index contributed by atoms with van der Waals surface area (Å²) in [5, 5.41) is 0. The van der Waals surface area contributed by atoms with Gasteiger partial charge in [0.1, 0.15) is 17.0 Å². The molecule has 0 saturated heterocycles. The van der Waals surface area contributed by atoms with Crippen LogP contribution in [-0.2, 0) is 0 Å². The van der Waals surface area contributed by atoms with Crippen molar-refractivity contribution in [3.05, 3.63) is 48.3 Å². The molecule has 148 valence electrons. The number of hydrogen-bond donors (Lipinski definition) is 2. The van der Waals surface area contributed by atoms with Gasteiger partial charge in [-0.05, 0) is 56.0 Å². The van der Waals surface area contributed by atoms with E-state index in [9.17, 15) is 4.39 Å². The van der Waals surface area contributed by atoms with Crippen molar-refractivity contribution in [2.75, 3.05) is 4.90 Å². The number of halogens is 1. The number of aromatic nitrogens is 1. The fraction of sp³-hybridized carbons (Fsp3) is 0.286. The second-order valence-electron chi connectivity index (χ2n) is 7.50. The normalized spacial score (nSPS) is 18.7. The second kappa shape index (κ2) is 6.58. The predicted molar refractivity (Wildman–Crippen MR) is 111 cm³/mol. The lowest BCUT2D eigenvalue weighted by Gasteiger charge is -2.45. The lowest BCUT2D eigenvalue weighted by Crippen LogP contribution is -2.58. The minimum atomic E-state index is -0.521. The van der Waals surface area contributed by atoms with Crippen molar-refractivity contribution in [2.45, 2.75) is 37.8 Å². The smallest absolute Gasteiger partial charge is 0.227 e. The molecule has 1 aromatic heterocycles. The number of hydrogen-bond acceptors (Lipinski definition) is 7. The van der Waals surface area contributed by atoms with E-state index in [2.05, 4.69) is 15.0 Å². The Hall–Kier alpha value is -3.42. The van der Waals surface area contributed by atoms with Gasteiger partial charge in [0.25, 0.3) is 0 Å². The molecule has 1 aliphatic heterocycles. The maximum Gasteiger partial charge on any atom is 0.227 e. The summed E-state index contributed by atoms with van der Waals surface area (Å²) in [7, 11) is 0. The van der Waals surface area contributed by atoms with Crippen LogP contribution in [0.1, 0.15) is 32.1 Å². The van der Waals surface area contributed by atoms with Crippen LogP contribution < -0.4 is 16.4 Å². The Morgan fingerprint density at radius 3 is 2.66 bits per heavy atom. The van der Waals surface area contributed by atoms with Gasteiger partial charge in [0.15, 0.2) is 5.58 Å². The standard InChI is InChI=1S/C21H21FN6O/c22-14-6-4-5-13(11-14)18-25-16-8-7-15(12-17(16)29-18)28-20(24)26-19(23)27-21(28)9-2-1-3-10-21/h4-8,11-12H,1-3,9-10H2,(H4,23,24,26,27). The van der Waals surface area contributed by atoms with E-state index < -0.39 is 5.66 Å². The molecule has 2 heterocycles. The van der Waals surface area contributed by atoms with Crippen LogP contribution in [0.2, 0.25) is 0 Å². The molecule has 2 aromatic carbocycles. The third-order valence-electron chi connectivity index (χ3n) is 5.55. The highest BCUT2D eigenvalue weighted by molar-refractivity contribution is 6.06. The largest absolute Gasteiger partial charge is 0.436 e. The number of fused-ring (bicyclic) bond motifs is 1. The van der Waals surface area contributed by atoms with Gasteiger partial charge in [-0.2, -0.15) is 4.99 Å². The Bertz CT molecular complexity index is 1150. The van der Waals surface area contributed by atoms with E-state index in [-0.39, 0.29) is 11.8 Å². The van der Waals surface area contributed by atoms with Crippen LogP contribution in [0.5, 0.6) is 0 Å². The van der Waals surface area contributed by atoms with E-state index in [4.69, 9.17) is 15.9 Å². The number of oxazole rings is 1. The van der Waals surface area contributed by atoms with Gasteiger partial charge in [-0.25, -0.2) is 14.4 Å². The van der Waals surface area contributed by atoms with E-state index in [0.717, 1.165) is 31.4 Å². The summed E-state index contributed by atoms with van der Waals surface area (Å²) in [6.07, 6.45) is 4.98. The van der Waals surface area contributed by atoms with Crippen molar-refractivity contribution >= 4 is 28.7 Å². The zero-order valence-electron chi connectivity index (χ0n) is 15.8. The van der Waals surface area contributed by atoms with Crippen LogP contribution >= 0.6 is 0 Å². The Morgan fingerprint density at radius 1 is 1.03 bits per heavy atom. The van der Waals surface area contributed by atoms with Gasteiger partial charge in [-0.3, -0.25) is 4.90 Å². The lowest BCUT2D eigenvalue weighted by atomic mass is 9.87. The number of anilines is 1. The Kier molecular flexibility index (Phi) is 4.01. The maximum absolute atomic E-state index is 13.6. The molecule has 0 amide bonds. The molecule has 0 unspecified atom stereocenters. The summed E-state index contributed by atoms with van der Waals surface area (Å²) in [5.74, 6) is 0.572. The molecule has 1 aliphatic carbocycles. The molecule has 0 bridgehead atoms. The average molecular weight is 392 g/mol. The topological polar surface area (TPSA) is 106 Å². The molecule has 0 atom stereocenters. The minimum Gasteiger partial charge on any atom is -0.436 e. The Balaban J connectivity index is 1.58. The molecule has 1 spiro atoms. The maximum atomic E-state index is 13.6. The molecule has 1 fully saturated rings. The van der Waals surface area contributed by atoms with E-state index in [1.165, 1.54) is 18.6 Å². The van der Waals surface area contributed by atoms with Crippen LogP contribution in [0.3, 0.4) is 0 Å². The molecule has 1 saturated carbocycles. The van der Waals surface area contributed by atoms with E-state index in [0.29, 0.717) is 28.5 Å². The fourth-order valence-electron chi connectivity index (χ4n) is 4.29. The molecule has 2 aliphatic rings. The van der Waals surface area contributed by atoms with Crippen LogP contribution in [0, 0.1) is 5.82 Å². The SMILES string of the molecule is NC1=NC2(CCCCC2)N(c2ccc3nc(-c4cccc(F)c4)oc3c2)C(N)=N1. The van der Waals surface area contributed by atoms with Crippen molar-refractivity contribution in [2.24, 2.45) is 21.5 Å². The van der Waals surface area contributed by atoms with Gasteiger partial charge in [0.05, 0.1) is 5.69 Å².